The molecule has 150 valence electrons. The van der Waals surface area contributed by atoms with Crippen LogP contribution in [-0.4, -0.2) is 47.3 Å². The van der Waals surface area contributed by atoms with Crippen molar-refractivity contribution in [3.8, 4) is 11.5 Å². The van der Waals surface area contributed by atoms with Crippen molar-refractivity contribution < 1.29 is 23.8 Å². The molecule has 1 heterocycles. The average Bonchev–Trinajstić information content (AvgIpc) is 2.64. The molecule has 3 rings (SSSR count). The van der Waals surface area contributed by atoms with Gasteiger partial charge in [0.05, 0.1) is 11.6 Å². The Kier molecular flexibility index (Phi) is 6.33. The van der Waals surface area contributed by atoms with E-state index in [0.717, 1.165) is 0 Å². The predicted octanol–water partition coefficient (Wildman–Crippen LogP) is 3.94. The fraction of sp³-hybridized carbons (Fsp3) is 0.350. The zero-order chi connectivity index (χ0) is 20.3. The summed E-state index contributed by atoms with van der Waals surface area (Å²) in [6.07, 6.45) is -0.268. The largest absolute Gasteiger partial charge is 0.486 e. The van der Waals surface area contributed by atoms with Crippen LogP contribution in [-0.2, 0) is 4.79 Å². The summed E-state index contributed by atoms with van der Waals surface area (Å²) in [5.41, 5.74) is -1.09. The van der Waals surface area contributed by atoms with Crippen molar-refractivity contribution >= 4 is 29.1 Å². The van der Waals surface area contributed by atoms with Crippen molar-refractivity contribution in [3.05, 3.63) is 58.3 Å². The second-order valence-corrected chi connectivity index (χ2v) is 7.72. The Bertz CT molecular complexity index is 862. The number of rotatable bonds is 5. The molecule has 1 aliphatic rings. The third kappa shape index (κ3) is 5.07. The van der Waals surface area contributed by atoms with E-state index in [4.69, 9.17) is 32.7 Å². The molecule has 1 fully saturated rings. The summed E-state index contributed by atoms with van der Waals surface area (Å²) in [5, 5.41) is 11.1. The molecule has 1 saturated heterocycles. The quantitative estimate of drug-likeness (QED) is 0.784. The first-order valence-electron chi connectivity index (χ1n) is 8.75. The van der Waals surface area contributed by atoms with Crippen LogP contribution in [0, 0.1) is 5.82 Å². The number of ether oxygens (including phenoxy) is 2. The Morgan fingerprint density at radius 3 is 2.79 bits per heavy atom. The van der Waals surface area contributed by atoms with Gasteiger partial charge in [-0.1, -0.05) is 29.3 Å². The SMILES string of the molecule is C[C@]1(O)CCN(C(=O)COc2ccc(F)c(Cl)c2)C[C@@H]1Oc1cccc(Cl)c1. The van der Waals surface area contributed by atoms with Crippen molar-refractivity contribution in [2.45, 2.75) is 25.0 Å². The van der Waals surface area contributed by atoms with E-state index < -0.39 is 17.5 Å². The number of hydrogen-bond acceptors (Lipinski definition) is 4. The van der Waals surface area contributed by atoms with E-state index in [1.54, 1.807) is 36.1 Å². The molecular formula is C20H20Cl2FNO4. The van der Waals surface area contributed by atoms with Gasteiger partial charge in [0.15, 0.2) is 6.61 Å². The Labute approximate surface area is 172 Å². The first-order valence-corrected chi connectivity index (χ1v) is 9.50. The maximum atomic E-state index is 13.2. The number of aliphatic hydroxyl groups is 1. The Morgan fingerprint density at radius 2 is 2.07 bits per heavy atom. The molecule has 28 heavy (non-hydrogen) atoms. The smallest absolute Gasteiger partial charge is 0.260 e. The molecule has 2 aromatic rings. The van der Waals surface area contributed by atoms with Crippen molar-refractivity contribution in [2.75, 3.05) is 19.7 Å². The number of piperidine rings is 1. The predicted molar refractivity (Wildman–Crippen MR) is 105 cm³/mol. The zero-order valence-electron chi connectivity index (χ0n) is 15.2. The van der Waals surface area contributed by atoms with Gasteiger partial charge in [0, 0.05) is 17.6 Å². The molecule has 0 unspecified atom stereocenters. The van der Waals surface area contributed by atoms with Crippen LogP contribution in [0.5, 0.6) is 11.5 Å². The number of benzene rings is 2. The summed E-state index contributed by atoms with van der Waals surface area (Å²) in [7, 11) is 0. The summed E-state index contributed by atoms with van der Waals surface area (Å²) in [6, 6.07) is 10.8. The highest BCUT2D eigenvalue weighted by Gasteiger charge is 2.41. The van der Waals surface area contributed by atoms with Crippen molar-refractivity contribution in [2.24, 2.45) is 0 Å². The lowest BCUT2D eigenvalue weighted by Gasteiger charge is -2.42. The van der Waals surface area contributed by atoms with Gasteiger partial charge in [-0.3, -0.25) is 4.79 Å². The number of carbonyl (C=O) groups excluding carboxylic acids is 1. The van der Waals surface area contributed by atoms with Gasteiger partial charge in [-0.2, -0.15) is 0 Å². The number of amides is 1. The molecule has 0 aliphatic carbocycles. The summed E-state index contributed by atoms with van der Waals surface area (Å²) in [4.78, 5) is 14.1. The van der Waals surface area contributed by atoms with Gasteiger partial charge in [0.25, 0.3) is 5.91 Å². The summed E-state index contributed by atoms with van der Waals surface area (Å²) in [6.45, 7) is 2.02. The Morgan fingerprint density at radius 1 is 1.29 bits per heavy atom. The van der Waals surface area contributed by atoms with Gasteiger partial charge in [-0.15, -0.1) is 0 Å². The lowest BCUT2D eigenvalue weighted by atomic mass is 9.90. The van der Waals surface area contributed by atoms with E-state index in [1.165, 1.54) is 18.2 Å². The standard InChI is InChI=1S/C20H20Cl2FNO4/c1-20(26)7-8-24(11-18(20)28-15-4-2-3-13(21)9-15)19(25)12-27-14-5-6-17(23)16(22)10-14/h2-6,9-10,18,26H,7-8,11-12H2,1H3/t18-,20-/m0/s1. The molecule has 1 amide bonds. The molecule has 8 heteroatoms. The number of hydrogen-bond donors (Lipinski definition) is 1. The molecular weight excluding hydrogens is 408 g/mol. The molecule has 2 atom stereocenters. The average molecular weight is 428 g/mol. The van der Waals surface area contributed by atoms with Crippen molar-refractivity contribution in [1.29, 1.82) is 0 Å². The van der Waals surface area contributed by atoms with Crippen molar-refractivity contribution in [3.63, 3.8) is 0 Å². The highest BCUT2D eigenvalue weighted by molar-refractivity contribution is 6.31. The number of carbonyl (C=O) groups is 1. The second kappa shape index (κ2) is 8.55. The van der Waals surface area contributed by atoms with Crippen LogP contribution in [0.2, 0.25) is 10.0 Å². The number of halogens is 3. The van der Waals surface area contributed by atoms with E-state index in [0.29, 0.717) is 29.5 Å². The third-order valence-corrected chi connectivity index (χ3v) is 5.17. The van der Waals surface area contributed by atoms with Gasteiger partial charge < -0.3 is 19.5 Å². The molecule has 0 aromatic heterocycles. The lowest BCUT2D eigenvalue weighted by molar-refractivity contribution is -0.145. The monoisotopic (exact) mass is 427 g/mol. The van der Waals surface area contributed by atoms with E-state index in [2.05, 4.69) is 0 Å². The van der Waals surface area contributed by atoms with E-state index in [-0.39, 0.29) is 24.1 Å². The van der Waals surface area contributed by atoms with Gasteiger partial charge >= 0.3 is 0 Å². The maximum Gasteiger partial charge on any atom is 0.260 e. The van der Waals surface area contributed by atoms with Crippen LogP contribution in [0.1, 0.15) is 13.3 Å². The van der Waals surface area contributed by atoms with Crippen LogP contribution in [0.4, 0.5) is 4.39 Å². The number of nitrogens with zero attached hydrogens (tertiary/aromatic N) is 1. The van der Waals surface area contributed by atoms with Crippen LogP contribution in [0.25, 0.3) is 0 Å². The van der Waals surface area contributed by atoms with Crippen LogP contribution < -0.4 is 9.47 Å². The normalized spacial score (nSPS) is 22.0. The van der Waals surface area contributed by atoms with Crippen molar-refractivity contribution in [1.82, 2.24) is 4.90 Å². The van der Waals surface area contributed by atoms with Crippen LogP contribution in [0.15, 0.2) is 42.5 Å². The molecule has 0 bridgehead atoms. The van der Waals surface area contributed by atoms with Gasteiger partial charge in [0.2, 0.25) is 0 Å². The summed E-state index contributed by atoms with van der Waals surface area (Å²) in [5.74, 6) is -0.00462. The fourth-order valence-corrected chi connectivity index (χ4v) is 3.26. The molecule has 1 N–H and O–H groups in total. The molecule has 1 aliphatic heterocycles. The first-order chi connectivity index (χ1) is 13.2. The van der Waals surface area contributed by atoms with E-state index in [1.807, 2.05) is 0 Å². The Hall–Kier alpha value is -2.02. The minimum Gasteiger partial charge on any atom is -0.486 e. The van der Waals surface area contributed by atoms with Gasteiger partial charge in [-0.25, -0.2) is 4.39 Å². The maximum absolute atomic E-state index is 13.2. The summed E-state index contributed by atoms with van der Waals surface area (Å²) >= 11 is 11.7. The lowest BCUT2D eigenvalue weighted by Crippen LogP contribution is -2.58. The van der Waals surface area contributed by atoms with E-state index in [9.17, 15) is 14.3 Å². The topological polar surface area (TPSA) is 59.0 Å². The van der Waals surface area contributed by atoms with Gasteiger partial charge in [0.1, 0.15) is 29.0 Å². The fourth-order valence-electron chi connectivity index (χ4n) is 2.91. The molecule has 5 nitrogen and oxygen atoms in total. The summed E-state index contributed by atoms with van der Waals surface area (Å²) < 4.78 is 24.5. The van der Waals surface area contributed by atoms with E-state index >= 15 is 0 Å². The molecule has 2 aromatic carbocycles. The van der Waals surface area contributed by atoms with Gasteiger partial charge in [-0.05, 0) is 43.7 Å². The molecule has 0 spiro atoms. The third-order valence-electron chi connectivity index (χ3n) is 4.65. The zero-order valence-corrected chi connectivity index (χ0v) is 16.7. The first kappa shape index (κ1) is 20.7. The molecule has 0 radical (unpaired) electrons. The highest BCUT2D eigenvalue weighted by atomic mass is 35.5. The van der Waals surface area contributed by atoms with Crippen LogP contribution >= 0.6 is 23.2 Å². The Balaban J connectivity index is 1.62. The minimum absolute atomic E-state index is 0.0750. The minimum atomic E-state index is -1.09. The second-order valence-electron chi connectivity index (χ2n) is 6.88. The molecule has 0 saturated carbocycles. The van der Waals surface area contributed by atoms with Crippen LogP contribution in [0.3, 0.4) is 0 Å². The highest BCUT2D eigenvalue weighted by Crippen LogP contribution is 2.28. The number of likely N-dealkylation sites (tertiary alicyclic amines) is 1.